The molecule has 0 aliphatic rings. The Morgan fingerprint density at radius 3 is 2.58 bits per heavy atom. The predicted molar refractivity (Wildman–Crippen MR) is 92.0 cm³/mol. The summed E-state index contributed by atoms with van der Waals surface area (Å²) in [5.74, 6) is -0.586. The van der Waals surface area contributed by atoms with Crippen LogP contribution >= 0.6 is 0 Å². The van der Waals surface area contributed by atoms with Gasteiger partial charge < -0.3 is 9.47 Å². The van der Waals surface area contributed by atoms with E-state index in [1.54, 1.807) is 16.9 Å². The summed E-state index contributed by atoms with van der Waals surface area (Å²) in [5, 5.41) is 15.0. The van der Waals surface area contributed by atoms with E-state index < -0.39 is 17.5 Å². The SMILES string of the molecule is O=C(COc1ccccc1[N+](=O)[O-])OCc1ccc(-n2cccn2)cc1. The number of para-hydroxylation sites is 2. The third kappa shape index (κ3) is 4.23. The monoisotopic (exact) mass is 353 g/mol. The maximum atomic E-state index is 11.8. The highest BCUT2D eigenvalue weighted by molar-refractivity contribution is 5.71. The van der Waals surface area contributed by atoms with E-state index in [4.69, 9.17) is 9.47 Å². The second kappa shape index (κ2) is 7.93. The molecule has 0 saturated carbocycles. The number of nitro benzene ring substituents is 1. The van der Waals surface area contributed by atoms with Crippen molar-refractivity contribution in [2.75, 3.05) is 6.61 Å². The van der Waals surface area contributed by atoms with Crippen molar-refractivity contribution in [3.8, 4) is 11.4 Å². The lowest BCUT2D eigenvalue weighted by Gasteiger charge is -2.08. The molecule has 3 aromatic rings. The van der Waals surface area contributed by atoms with Crippen molar-refractivity contribution in [2.45, 2.75) is 6.61 Å². The quantitative estimate of drug-likeness (QED) is 0.368. The summed E-state index contributed by atoms with van der Waals surface area (Å²) in [5.41, 5.74) is 1.50. The van der Waals surface area contributed by atoms with Crippen LogP contribution in [0.3, 0.4) is 0 Å². The Bertz CT molecular complexity index is 891. The van der Waals surface area contributed by atoms with Crippen LogP contribution < -0.4 is 4.74 Å². The molecule has 3 rings (SSSR count). The molecule has 0 N–H and O–H groups in total. The van der Waals surface area contributed by atoms with Gasteiger partial charge >= 0.3 is 11.7 Å². The molecule has 0 unspecified atom stereocenters. The van der Waals surface area contributed by atoms with Gasteiger partial charge in [0.2, 0.25) is 0 Å². The minimum Gasteiger partial charge on any atom is -0.475 e. The molecule has 0 aliphatic carbocycles. The summed E-state index contributed by atoms with van der Waals surface area (Å²) in [6.07, 6.45) is 3.52. The first-order valence-corrected chi connectivity index (χ1v) is 7.74. The van der Waals surface area contributed by atoms with Crippen molar-refractivity contribution >= 4 is 11.7 Å². The fourth-order valence-electron chi connectivity index (χ4n) is 2.24. The molecule has 0 saturated heterocycles. The zero-order chi connectivity index (χ0) is 18.4. The minimum atomic E-state index is -0.612. The zero-order valence-electron chi connectivity index (χ0n) is 13.6. The predicted octanol–water partition coefficient (Wildman–Crippen LogP) is 2.90. The first-order chi connectivity index (χ1) is 12.6. The van der Waals surface area contributed by atoms with Crippen LogP contribution in [-0.4, -0.2) is 27.3 Å². The maximum absolute atomic E-state index is 11.8. The number of benzene rings is 2. The number of ether oxygens (including phenoxy) is 2. The summed E-state index contributed by atoms with van der Waals surface area (Å²) in [7, 11) is 0. The molecule has 2 aromatic carbocycles. The Hall–Kier alpha value is -3.68. The van der Waals surface area contributed by atoms with E-state index in [1.165, 1.54) is 18.2 Å². The third-order valence-electron chi connectivity index (χ3n) is 3.51. The second-order valence-electron chi connectivity index (χ2n) is 5.29. The van der Waals surface area contributed by atoms with Crippen LogP contribution in [0.4, 0.5) is 5.69 Å². The summed E-state index contributed by atoms with van der Waals surface area (Å²) in [4.78, 5) is 22.1. The molecule has 0 fully saturated rings. The zero-order valence-corrected chi connectivity index (χ0v) is 13.6. The van der Waals surface area contributed by atoms with Crippen molar-refractivity contribution in [2.24, 2.45) is 0 Å². The highest BCUT2D eigenvalue weighted by Gasteiger charge is 2.15. The number of nitrogens with zero attached hydrogens (tertiary/aromatic N) is 3. The van der Waals surface area contributed by atoms with Crippen molar-refractivity contribution in [3.05, 3.63) is 82.7 Å². The lowest BCUT2D eigenvalue weighted by Crippen LogP contribution is -2.15. The highest BCUT2D eigenvalue weighted by atomic mass is 16.6. The molecule has 1 aromatic heterocycles. The van der Waals surface area contributed by atoms with Crippen LogP contribution in [0, 0.1) is 10.1 Å². The normalized spacial score (nSPS) is 10.3. The van der Waals surface area contributed by atoms with E-state index in [1.807, 2.05) is 36.5 Å². The van der Waals surface area contributed by atoms with Gasteiger partial charge in [0, 0.05) is 18.5 Å². The van der Waals surface area contributed by atoms with Gasteiger partial charge in [-0.2, -0.15) is 5.10 Å². The average molecular weight is 353 g/mol. The molecule has 0 aliphatic heterocycles. The van der Waals surface area contributed by atoms with Gasteiger partial charge in [-0.25, -0.2) is 9.48 Å². The molecule has 8 nitrogen and oxygen atoms in total. The largest absolute Gasteiger partial charge is 0.475 e. The molecule has 132 valence electrons. The number of esters is 1. The second-order valence-corrected chi connectivity index (χ2v) is 5.29. The molecule has 0 amide bonds. The fourth-order valence-corrected chi connectivity index (χ4v) is 2.24. The van der Waals surface area contributed by atoms with Crippen molar-refractivity contribution in [1.82, 2.24) is 9.78 Å². The van der Waals surface area contributed by atoms with Gasteiger partial charge in [-0.15, -0.1) is 0 Å². The van der Waals surface area contributed by atoms with E-state index in [9.17, 15) is 14.9 Å². The van der Waals surface area contributed by atoms with E-state index in [0.717, 1.165) is 11.3 Å². The number of carbonyl (C=O) groups excluding carboxylic acids is 1. The van der Waals surface area contributed by atoms with Crippen molar-refractivity contribution < 1.29 is 19.2 Å². The Morgan fingerprint density at radius 1 is 1.12 bits per heavy atom. The number of nitro groups is 1. The van der Waals surface area contributed by atoms with E-state index in [2.05, 4.69) is 5.10 Å². The maximum Gasteiger partial charge on any atom is 0.344 e. The summed E-state index contributed by atoms with van der Waals surface area (Å²) in [6.45, 7) is -0.325. The first-order valence-electron chi connectivity index (χ1n) is 7.74. The lowest BCUT2D eigenvalue weighted by molar-refractivity contribution is -0.385. The number of aromatic nitrogens is 2. The molecule has 8 heteroatoms. The topological polar surface area (TPSA) is 96.5 Å². The van der Waals surface area contributed by atoms with Gasteiger partial charge in [0.1, 0.15) is 6.61 Å². The van der Waals surface area contributed by atoms with E-state index in [0.29, 0.717) is 0 Å². The molecular weight excluding hydrogens is 338 g/mol. The van der Waals surface area contributed by atoms with Gasteiger partial charge in [0.15, 0.2) is 12.4 Å². The fraction of sp³-hybridized carbons (Fsp3) is 0.111. The van der Waals surface area contributed by atoms with Crippen LogP contribution in [0.1, 0.15) is 5.56 Å². The summed E-state index contributed by atoms with van der Waals surface area (Å²) in [6, 6.07) is 15.1. The molecule has 0 bridgehead atoms. The Labute approximate surface area is 148 Å². The van der Waals surface area contributed by atoms with Crippen molar-refractivity contribution in [1.29, 1.82) is 0 Å². The smallest absolute Gasteiger partial charge is 0.344 e. The van der Waals surface area contributed by atoms with Gasteiger partial charge in [-0.3, -0.25) is 10.1 Å². The van der Waals surface area contributed by atoms with Crippen LogP contribution in [0.2, 0.25) is 0 Å². The Morgan fingerprint density at radius 2 is 1.88 bits per heavy atom. The molecule has 26 heavy (non-hydrogen) atoms. The van der Waals surface area contributed by atoms with E-state index >= 15 is 0 Å². The minimum absolute atomic E-state index is 0.0259. The van der Waals surface area contributed by atoms with Crippen LogP contribution in [-0.2, 0) is 16.1 Å². The molecular formula is C18H15N3O5. The van der Waals surface area contributed by atoms with Crippen molar-refractivity contribution in [3.63, 3.8) is 0 Å². The van der Waals surface area contributed by atoms with Gasteiger partial charge in [-0.1, -0.05) is 24.3 Å². The highest BCUT2D eigenvalue weighted by Crippen LogP contribution is 2.25. The Kier molecular flexibility index (Phi) is 5.23. The summed E-state index contributed by atoms with van der Waals surface area (Å²) >= 11 is 0. The van der Waals surface area contributed by atoms with Crippen LogP contribution in [0.5, 0.6) is 5.75 Å². The first kappa shape index (κ1) is 17.2. The van der Waals surface area contributed by atoms with Gasteiger partial charge in [0.05, 0.1) is 10.6 Å². The molecule has 1 heterocycles. The Balaban J connectivity index is 1.51. The van der Waals surface area contributed by atoms with Gasteiger partial charge in [0.25, 0.3) is 0 Å². The summed E-state index contributed by atoms with van der Waals surface area (Å²) < 4.78 is 12.0. The lowest BCUT2D eigenvalue weighted by atomic mass is 10.2. The number of carbonyl (C=O) groups is 1. The standard InChI is InChI=1S/C18H15N3O5/c22-18(13-25-17-5-2-1-4-16(17)21(23)24)26-12-14-6-8-15(9-7-14)20-11-3-10-19-20/h1-11H,12-13H2. The molecule has 0 atom stereocenters. The molecule has 0 spiro atoms. The van der Waals surface area contributed by atoms with Gasteiger partial charge in [-0.05, 0) is 29.8 Å². The van der Waals surface area contributed by atoms with E-state index in [-0.39, 0.29) is 18.0 Å². The average Bonchev–Trinajstić information content (AvgIpc) is 3.20. The number of rotatable bonds is 7. The third-order valence-corrected chi connectivity index (χ3v) is 3.51. The number of hydrogen-bond donors (Lipinski definition) is 0. The van der Waals surface area contributed by atoms with Crippen LogP contribution in [0.25, 0.3) is 5.69 Å². The molecule has 0 radical (unpaired) electrons. The number of hydrogen-bond acceptors (Lipinski definition) is 6. The van der Waals surface area contributed by atoms with Crippen LogP contribution in [0.15, 0.2) is 67.0 Å².